The van der Waals surface area contributed by atoms with E-state index in [1.54, 1.807) is 0 Å². The molecule has 1 nitrogen and oxygen atoms in total. The van der Waals surface area contributed by atoms with Crippen LogP contribution in [0.3, 0.4) is 0 Å². The highest BCUT2D eigenvalue weighted by molar-refractivity contribution is 5.83. The zero-order valence-corrected chi connectivity index (χ0v) is 13.6. The van der Waals surface area contributed by atoms with Gasteiger partial charge in [-0.2, -0.15) is 0 Å². The number of hydrogen-bond acceptors (Lipinski definition) is 0. The lowest BCUT2D eigenvalue weighted by atomic mass is 9.74. The average molecular weight is 280 g/mol. The van der Waals surface area contributed by atoms with E-state index in [-0.39, 0.29) is 5.41 Å². The van der Waals surface area contributed by atoms with Gasteiger partial charge in [-0.1, -0.05) is 60.7 Å². The molecule has 0 saturated carbocycles. The molecule has 0 fully saturated rings. The van der Waals surface area contributed by atoms with Crippen molar-refractivity contribution in [2.45, 2.75) is 26.7 Å². The van der Waals surface area contributed by atoms with Crippen LogP contribution in [0.15, 0.2) is 60.7 Å². The Bertz CT molecular complexity index is 551. The van der Waals surface area contributed by atoms with E-state index in [1.807, 2.05) is 0 Å². The molecule has 0 aliphatic rings. The molecule has 1 heteroatoms. The van der Waals surface area contributed by atoms with E-state index in [2.05, 4.69) is 93.2 Å². The van der Waals surface area contributed by atoms with E-state index in [0.29, 0.717) is 0 Å². The Labute approximate surface area is 129 Å². The van der Waals surface area contributed by atoms with Crippen LogP contribution in [-0.2, 0) is 12.8 Å². The molecule has 0 heterocycles. The Morgan fingerprint density at radius 1 is 0.810 bits per heavy atom. The maximum atomic E-state index is 2.38. The molecule has 21 heavy (non-hydrogen) atoms. The molecule has 0 N–H and O–H groups in total. The summed E-state index contributed by atoms with van der Waals surface area (Å²) in [6.07, 6.45) is 2.12. The van der Waals surface area contributed by atoms with E-state index < -0.39 is 0 Å². The van der Waals surface area contributed by atoms with E-state index in [9.17, 15) is 0 Å². The van der Waals surface area contributed by atoms with Crippen molar-refractivity contribution in [3.8, 4) is 0 Å². The fraction of sp³-hybridized carbons (Fsp3) is 0.350. The van der Waals surface area contributed by atoms with Crippen LogP contribution in [0, 0.1) is 5.41 Å². The number of nitrogens with zero attached hydrogens (tertiary/aromatic N) is 1. The van der Waals surface area contributed by atoms with Crippen molar-refractivity contribution in [3.63, 3.8) is 0 Å². The van der Waals surface area contributed by atoms with Crippen LogP contribution in [0.1, 0.15) is 25.0 Å². The quantitative estimate of drug-likeness (QED) is 0.570. The molecule has 0 atom stereocenters. The van der Waals surface area contributed by atoms with Gasteiger partial charge < -0.3 is 0 Å². The topological polar surface area (TPSA) is 3.01 Å². The molecule has 0 radical (unpaired) electrons. The summed E-state index contributed by atoms with van der Waals surface area (Å²) < 4.78 is 2.26. The van der Waals surface area contributed by atoms with Crippen LogP contribution < -0.4 is 0 Å². The van der Waals surface area contributed by atoms with Crippen LogP contribution in [0.2, 0.25) is 0 Å². The Hall–Kier alpha value is -1.89. The molecule has 0 unspecified atom stereocenters. The van der Waals surface area contributed by atoms with E-state index in [0.717, 1.165) is 12.8 Å². The molecule has 0 bridgehead atoms. The van der Waals surface area contributed by atoms with Gasteiger partial charge in [-0.15, -0.1) is 0 Å². The smallest absolute Gasteiger partial charge is 0.155 e. The molecule has 0 aliphatic heterocycles. The van der Waals surface area contributed by atoms with Gasteiger partial charge >= 0.3 is 0 Å². The van der Waals surface area contributed by atoms with E-state index in [4.69, 9.17) is 0 Å². The Balaban J connectivity index is 2.33. The first-order valence-corrected chi connectivity index (χ1v) is 7.60. The van der Waals surface area contributed by atoms with Crippen LogP contribution >= 0.6 is 0 Å². The van der Waals surface area contributed by atoms with Crippen LogP contribution in [0.25, 0.3) is 0 Å². The largest absolute Gasteiger partial charge is 0.242 e. The lowest BCUT2D eigenvalue weighted by Gasteiger charge is -2.28. The molecule has 110 valence electrons. The molecular weight excluding hydrogens is 254 g/mol. The van der Waals surface area contributed by atoms with Crippen molar-refractivity contribution in [1.29, 1.82) is 0 Å². The van der Waals surface area contributed by atoms with Gasteiger partial charge in [0.15, 0.2) is 5.71 Å². The maximum absolute atomic E-state index is 2.38. The molecule has 0 aromatic heterocycles. The second-order valence-electron chi connectivity index (χ2n) is 6.37. The summed E-state index contributed by atoms with van der Waals surface area (Å²) in [4.78, 5) is 0. The molecule has 2 rings (SSSR count). The van der Waals surface area contributed by atoms with E-state index >= 15 is 0 Å². The van der Waals surface area contributed by atoms with E-state index in [1.165, 1.54) is 16.8 Å². The average Bonchev–Trinajstić information content (AvgIpc) is 2.48. The Kier molecular flexibility index (Phi) is 4.95. The second-order valence-corrected chi connectivity index (χ2v) is 6.37. The molecule has 2 aromatic carbocycles. The summed E-state index contributed by atoms with van der Waals surface area (Å²) in [5, 5.41) is 0. The fourth-order valence-corrected chi connectivity index (χ4v) is 2.95. The van der Waals surface area contributed by atoms with Crippen molar-refractivity contribution in [2.75, 3.05) is 14.1 Å². The summed E-state index contributed by atoms with van der Waals surface area (Å²) >= 11 is 0. The van der Waals surface area contributed by atoms with Crippen LogP contribution in [-0.4, -0.2) is 24.4 Å². The lowest BCUT2D eigenvalue weighted by Crippen LogP contribution is -2.35. The van der Waals surface area contributed by atoms with Crippen LogP contribution in [0.4, 0.5) is 0 Å². The van der Waals surface area contributed by atoms with Gasteiger partial charge in [-0.25, -0.2) is 4.58 Å². The molecule has 0 aliphatic carbocycles. The van der Waals surface area contributed by atoms with Gasteiger partial charge in [0.1, 0.15) is 14.1 Å². The first-order chi connectivity index (χ1) is 10.0. The third kappa shape index (κ3) is 4.04. The van der Waals surface area contributed by atoms with Crippen molar-refractivity contribution >= 4 is 5.71 Å². The van der Waals surface area contributed by atoms with Gasteiger partial charge in [0, 0.05) is 6.92 Å². The van der Waals surface area contributed by atoms with Crippen molar-refractivity contribution < 1.29 is 4.58 Å². The monoisotopic (exact) mass is 280 g/mol. The van der Waals surface area contributed by atoms with Gasteiger partial charge in [-0.05, 0) is 30.9 Å². The Morgan fingerprint density at radius 2 is 1.19 bits per heavy atom. The molecule has 0 saturated heterocycles. The maximum Gasteiger partial charge on any atom is 0.155 e. The minimum Gasteiger partial charge on any atom is -0.242 e. The van der Waals surface area contributed by atoms with Gasteiger partial charge in [0.2, 0.25) is 0 Å². The molecule has 2 aromatic rings. The SMILES string of the molecule is CC(=[N+](C)C)C(C)(Cc1ccccc1)Cc1ccccc1. The Morgan fingerprint density at radius 3 is 1.52 bits per heavy atom. The summed E-state index contributed by atoms with van der Waals surface area (Å²) in [6, 6.07) is 21.6. The highest BCUT2D eigenvalue weighted by Gasteiger charge is 2.33. The van der Waals surface area contributed by atoms with Crippen molar-refractivity contribution in [1.82, 2.24) is 0 Å². The summed E-state index contributed by atoms with van der Waals surface area (Å²) in [5.41, 5.74) is 4.36. The summed E-state index contributed by atoms with van der Waals surface area (Å²) in [5.74, 6) is 0. The highest BCUT2D eigenvalue weighted by atomic mass is 14.9. The third-order valence-electron chi connectivity index (χ3n) is 4.42. The fourth-order valence-electron chi connectivity index (χ4n) is 2.95. The predicted octanol–water partition coefficient (Wildman–Crippen LogP) is 4.21. The van der Waals surface area contributed by atoms with Gasteiger partial charge in [0.25, 0.3) is 0 Å². The summed E-state index contributed by atoms with van der Waals surface area (Å²) in [7, 11) is 4.28. The zero-order valence-electron chi connectivity index (χ0n) is 13.6. The first-order valence-electron chi connectivity index (χ1n) is 7.60. The van der Waals surface area contributed by atoms with Gasteiger partial charge in [0.05, 0.1) is 5.41 Å². The zero-order chi connectivity index (χ0) is 15.3. The minimum atomic E-state index is 0.131. The second kappa shape index (κ2) is 6.71. The molecule has 0 spiro atoms. The standard InChI is InChI=1S/C20H26N/c1-17(21(3)4)20(2,15-18-11-7-5-8-12-18)16-19-13-9-6-10-14-19/h5-14H,15-16H2,1-4H3/q+1. The molecule has 0 amide bonds. The number of hydrogen-bond donors (Lipinski definition) is 0. The predicted molar refractivity (Wildman–Crippen MR) is 91.2 cm³/mol. The number of rotatable bonds is 5. The third-order valence-corrected chi connectivity index (χ3v) is 4.42. The first kappa shape index (κ1) is 15.5. The van der Waals surface area contributed by atoms with Gasteiger partial charge in [-0.3, -0.25) is 0 Å². The van der Waals surface area contributed by atoms with Crippen molar-refractivity contribution in [3.05, 3.63) is 71.8 Å². The van der Waals surface area contributed by atoms with Crippen LogP contribution in [0.5, 0.6) is 0 Å². The summed E-state index contributed by atoms with van der Waals surface area (Å²) in [6.45, 7) is 4.63. The lowest BCUT2D eigenvalue weighted by molar-refractivity contribution is -0.469. The highest BCUT2D eigenvalue weighted by Crippen LogP contribution is 2.29. The van der Waals surface area contributed by atoms with Crippen molar-refractivity contribution in [2.24, 2.45) is 5.41 Å². The molecular formula is C20H26N+. The normalized spacial score (nSPS) is 11.2. The minimum absolute atomic E-state index is 0.131. The number of benzene rings is 2.